The molecule has 2 heterocycles. The van der Waals surface area contributed by atoms with Gasteiger partial charge in [-0.05, 0) is 55.0 Å². The Morgan fingerprint density at radius 1 is 1.36 bits per heavy atom. The lowest BCUT2D eigenvalue weighted by molar-refractivity contribution is 0.418. The van der Waals surface area contributed by atoms with Crippen LogP contribution in [0.1, 0.15) is 56.1 Å². The van der Waals surface area contributed by atoms with E-state index in [9.17, 15) is 0 Å². The van der Waals surface area contributed by atoms with Gasteiger partial charge in [0.1, 0.15) is 10.4 Å². The van der Waals surface area contributed by atoms with E-state index in [1.165, 1.54) is 43.6 Å². The lowest BCUT2D eigenvalue weighted by Gasteiger charge is -2.24. The van der Waals surface area contributed by atoms with Gasteiger partial charge in [-0.1, -0.05) is 0 Å². The molecule has 1 aliphatic heterocycles. The Balaban J connectivity index is 2.12. The standard InChI is InChI=1S/C11H15BrN2/c1-7-3-2-4-9-10(12)13-11(14(7)9)8-5-6-8/h7-8H,2-6H2,1H3. The minimum atomic E-state index is 0.660. The minimum absolute atomic E-state index is 0.660. The second-order valence-corrected chi connectivity index (χ2v) is 5.34. The molecule has 1 unspecified atom stereocenters. The van der Waals surface area contributed by atoms with Gasteiger partial charge in [0.05, 0.1) is 5.69 Å². The second-order valence-electron chi connectivity index (χ2n) is 4.59. The smallest absolute Gasteiger partial charge is 0.127 e. The fourth-order valence-corrected chi connectivity index (χ4v) is 3.07. The van der Waals surface area contributed by atoms with Crippen molar-refractivity contribution in [2.24, 2.45) is 0 Å². The predicted octanol–water partition coefficient (Wildman–Crippen LogP) is 3.42. The van der Waals surface area contributed by atoms with Gasteiger partial charge in [0.2, 0.25) is 0 Å². The second kappa shape index (κ2) is 3.09. The molecule has 1 fully saturated rings. The average molecular weight is 255 g/mol. The number of aromatic nitrogens is 2. The number of fused-ring (bicyclic) bond motifs is 1. The summed E-state index contributed by atoms with van der Waals surface area (Å²) in [5, 5.41) is 0. The van der Waals surface area contributed by atoms with E-state index in [0.29, 0.717) is 6.04 Å². The van der Waals surface area contributed by atoms with Crippen molar-refractivity contribution in [1.82, 2.24) is 9.55 Å². The lowest BCUT2D eigenvalue weighted by Crippen LogP contribution is -2.17. The highest BCUT2D eigenvalue weighted by atomic mass is 79.9. The average Bonchev–Trinajstić information content (AvgIpc) is 2.94. The van der Waals surface area contributed by atoms with Crippen LogP contribution in [0.25, 0.3) is 0 Å². The third-order valence-electron chi connectivity index (χ3n) is 3.41. The summed E-state index contributed by atoms with van der Waals surface area (Å²) in [5.41, 5.74) is 1.44. The van der Waals surface area contributed by atoms with Crippen LogP contribution in [0.3, 0.4) is 0 Å². The zero-order chi connectivity index (χ0) is 9.71. The maximum absolute atomic E-state index is 4.68. The van der Waals surface area contributed by atoms with Gasteiger partial charge in [-0.3, -0.25) is 0 Å². The molecule has 0 bridgehead atoms. The van der Waals surface area contributed by atoms with Crippen molar-refractivity contribution in [3.05, 3.63) is 16.1 Å². The van der Waals surface area contributed by atoms with E-state index in [0.717, 1.165) is 10.5 Å². The molecule has 14 heavy (non-hydrogen) atoms. The zero-order valence-corrected chi connectivity index (χ0v) is 10.0. The summed E-state index contributed by atoms with van der Waals surface area (Å²) in [6.07, 6.45) is 6.51. The van der Waals surface area contributed by atoms with Crippen molar-refractivity contribution >= 4 is 15.9 Å². The molecule has 0 N–H and O–H groups in total. The fourth-order valence-electron chi connectivity index (χ4n) is 2.50. The van der Waals surface area contributed by atoms with Gasteiger partial charge in [0.15, 0.2) is 0 Å². The van der Waals surface area contributed by atoms with E-state index in [4.69, 9.17) is 0 Å². The molecule has 1 atom stereocenters. The molecular weight excluding hydrogens is 240 g/mol. The largest absolute Gasteiger partial charge is 0.328 e. The molecule has 1 aromatic heterocycles. The van der Waals surface area contributed by atoms with Crippen LogP contribution < -0.4 is 0 Å². The highest BCUT2D eigenvalue weighted by Gasteiger charge is 2.33. The third-order valence-corrected chi connectivity index (χ3v) is 4.04. The Bertz CT molecular complexity index is 366. The van der Waals surface area contributed by atoms with Gasteiger partial charge in [-0.25, -0.2) is 4.98 Å². The summed E-state index contributed by atoms with van der Waals surface area (Å²) in [6.45, 7) is 2.32. The third kappa shape index (κ3) is 1.25. The van der Waals surface area contributed by atoms with Crippen molar-refractivity contribution in [1.29, 1.82) is 0 Å². The summed E-state index contributed by atoms with van der Waals surface area (Å²) in [6, 6.07) is 0.660. The van der Waals surface area contributed by atoms with Gasteiger partial charge in [0.25, 0.3) is 0 Å². The van der Waals surface area contributed by atoms with E-state index < -0.39 is 0 Å². The van der Waals surface area contributed by atoms with E-state index in [2.05, 4.69) is 32.4 Å². The molecule has 2 nitrogen and oxygen atoms in total. The van der Waals surface area contributed by atoms with Crippen LogP contribution in [0, 0.1) is 0 Å². The number of nitrogens with zero attached hydrogens (tertiary/aromatic N) is 2. The molecule has 3 rings (SSSR count). The van der Waals surface area contributed by atoms with E-state index in [1.54, 1.807) is 0 Å². The molecule has 0 spiro atoms. The monoisotopic (exact) mass is 254 g/mol. The lowest BCUT2D eigenvalue weighted by atomic mass is 10.0. The topological polar surface area (TPSA) is 17.8 Å². The van der Waals surface area contributed by atoms with Crippen molar-refractivity contribution < 1.29 is 0 Å². The van der Waals surface area contributed by atoms with E-state index >= 15 is 0 Å². The molecule has 2 aliphatic rings. The van der Waals surface area contributed by atoms with Crippen LogP contribution in [0.4, 0.5) is 0 Å². The molecule has 1 aliphatic carbocycles. The highest BCUT2D eigenvalue weighted by Crippen LogP contribution is 2.43. The Labute approximate surface area is 92.8 Å². The number of hydrogen-bond donors (Lipinski definition) is 0. The Hall–Kier alpha value is -0.310. The molecule has 0 aromatic carbocycles. The molecule has 3 heteroatoms. The van der Waals surface area contributed by atoms with Crippen LogP contribution in [-0.4, -0.2) is 9.55 Å². The van der Waals surface area contributed by atoms with Crippen molar-refractivity contribution in [2.75, 3.05) is 0 Å². The number of rotatable bonds is 1. The summed E-state index contributed by atoms with van der Waals surface area (Å²) < 4.78 is 3.59. The maximum atomic E-state index is 4.68. The molecule has 1 saturated carbocycles. The SMILES string of the molecule is CC1CCCc2c(Br)nc(C3CC3)n21. The van der Waals surface area contributed by atoms with Crippen molar-refractivity contribution in [3.8, 4) is 0 Å². The normalized spacial score (nSPS) is 26.3. The van der Waals surface area contributed by atoms with Crippen LogP contribution in [-0.2, 0) is 6.42 Å². The first-order valence-corrected chi connectivity index (χ1v) is 6.33. The van der Waals surface area contributed by atoms with Gasteiger partial charge < -0.3 is 4.57 Å². The summed E-state index contributed by atoms with van der Waals surface area (Å²) in [7, 11) is 0. The highest BCUT2D eigenvalue weighted by molar-refractivity contribution is 9.10. The Kier molecular flexibility index (Phi) is 1.98. The van der Waals surface area contributed by atoms with E-state index in [1.807, 2.05) is 0 Å². The molecule has 0 saturated heterocycles. The van der Waals surface area contributed by atoms with Gasteiger partial charge in [0, 0.05) is 12.0 Å². The van der Waals surface area contributed by atoms with Crippen LogP contribution >= 0.6 is 15.9 Å². The Morgan fingerprint density at radius 2 is 2.14 bits per heavy atom. The summed E-state index contributed by atoms with van der Waals surface area (Å²) in [5.74, 6) is 2.11. The van der Waals surface area contributed by atoms with Crippen LogP contribution in [0.5, 0.6) is 0 Å². The van der Waals surface area contributed by atoms with Crippen LogP contribution in [0.15, 0.2) is 4.60 Å². The fraction of sp³-hybridized carbons (Fsp3) is 0.727. The predicted molar refractivity (Wildman–Crippen MR) is 59.6 cm³/mol. The van der Waals surface area contributed by atoms with Crippen molar-refractivity contribution in [2.45, 2.75) is 51.0 Å². The molecule has 0 amide bonds. The minimum Gasteiger partial charge on any atom is -0.328 e. The van der Waals surface area contributed by atoms with Gasteiger partial charge in [-0.15, -0.1) is 0 Å². The first kappa shape index (κ1) is 8.96. The quantitative estimate of drug-likeness (QED) is 0.751. The van der Waals surface area contributed by atoms with Crippen LogP contribution in [0.2, 0.25) is 0 Å². The number of halogens is 1. The van der Waals surface area contributed by atoms with Gasteiger partial charge >= 0.3 is 0 Å². The summed E-state index contributed by atoms with van der Waals surface area (Å²) >= 11 is 3.59. The zero-order valence-electron chi connectivity index (χ0n) is 8.46. The maximum Gasteiger partial charge on any atom is 0.127 e. The molecule has 76 valence electrons. The molecular formula is C11H15BrN2. The summed E-state index contributed by atoms with van der Waals surface area (Å²) in [4.78, 5) is 4.68. The first-order valence-electron chi connectivity index (χ1n) is 5.54. The number of imidazole rings is 1. The molecule has 0 radical (unpaired) electrons. The van der Waals surface area contributed by atoms with E-state index in [-0.39, 0.29) is 0 Å². The first-order chi connectivity index (χ1) is 6.77. The van der Waals surface area contributed by atoms with Gasteiger partial charge in [-0.2, -0.15) is 0 Å². The molecule has 1 aromatic rings. The Morgan fingerprint density at radius 3 is 2.86 bits per heavy atom. The van der Waals surface area contributed by atoms with Crippen molar-refractivity contribution in [3.63, 3.8) is 0 Å². The number of hydrogen-bond acceptors (Lipinski definition) is 1.